The normalized spacial score (nSPS) is 45.8. The first-order valence-electron chi connectivity index (χ1n) is 5.00. The Balaban J connectivity index is 1.99. The maximum Gasteiger partial charge on any atom is 0.108 e. The van der Waals surface area contributed by atoms with Gasteiger partial charge >= 0.3 is 0 Å². The summed E-state index contributed by atoms with van der Waals surface area (Å²) in [4.78, 5) is 0. The third-order valence-electron chi connectivity index (χ3n) is 3.56. The molecule has 2 saturated carbocycles. The van der Waals surface area contributed by atoms with Gasteiger partial charge < -0.3 is 5.73 Å². The first-order valence-corrected chi connectivity index (χ1v) is 5.00. The van der Waals surface area contributed by atoms with E-state index < -0.39 is 5.67 Å². The summed E-state index contributed by atoms with van der Waals surface area (Å²) in [6, 6.07) is 0. The van der Waals surface area contributed by atoms with E-state index in [1.807, 2.05) is 0 Å². The summed E-state index contributed by atoms with van der Waals surface area (Å²) in [6.07, 6.45) is 5.84. The van der Waals surface area contributed by atoms with E-state index in [4.69, 9.17) is 5.73 Å². The largest absolute Gasteiger partial charge is 0.325 e. The van der Waals surface area contributed by atoms with Crippen molar-refractivity contribution in [2.75, 3.05) is 0 Å². The Hall–Kier alpha value is -0.110. The van der Waals surface area contributed by atoms with Gasteiger partial charge in [-0.05, 0) is 51.4 Å². The topological polar surface area (TPSA) is 26.0 Å². The maximum absolute atomic E-state index is 13.6. The van der Waals surface area contributed by atoms with Gasteiger partial charge in [0, 0.05) is 5.54 Å². The molecule has 0 heterocycles. The number of hydrogen-bond acceptors (Lipinski definition) is 1. The number of rotatable bonds is 1. The van der Waals surface area contributed by atoms with Gasteiger partial charge in [-0.25, -0.2) is 4.39 Å². The molecule has 2 fully saturated rings. The number of hydrogen-bond donors (Lipinski definition) is 1. The monoisotopic (exact) mass is 171 g/mol. The average molecular weight is 171 g/mol. The minimum Gasteiger partial charge on any atom is -0.325 e. The summed E-state index contributed by atoms with van der Waals surface area (Å²) >= 11 is 0. The van der Waals surface area contributed by atoms with Crippen molar-refractivity contribution in [2.45, 2.75) is 56.7 Å². The SMILES string of the molecule is CC1(F)CCCC(C2(N)CC2)C1. The minimum absolute atomic E-state index is 0.0355. The van der Waals surface area contributed by atoms with Crippen LogP contribution in [0.5, 0.6) is 0 Å². The van der Waals surface area contributed by atoms with Crippen LogP contribution in [0.2, 0.25) is 0 Å². The summed E-state index contributed by atoms with van der Waals surface area (Å²) in [7, 11) is 0. The van der Waals surface area contributed by atoms with Gasteiger partial charge in [0.2, 0.25) is 0 Å². The molecule has 0 aromatic rings. The summed E-state index contributed by atoms with van der Waals surface area (Å²) < 4.78 is 13.6. The molecule has 2 aliphatic carbocycles. The average Bonchev–Trinajstić information content (AvgIpc) is 2.67. The van der Waals surface area contributed by atoms with Crippen LogP contribution < -0.4 is 5.73 Å². The third-order valence-corrected chi connectivity index (χ3v) is 3.56. The van der Waals surface area contributed by atoms with Crippen molar-refractivity contribution in [1.29, 1.82) is 0 Å². The molecule has 0 bridgehead atoms. The van der Waals surface area contributed by atoms with E-state index in [1.165, 1.54) is 0 Å². The highest BCUT2D eigenvalue weighted by molar-refractivity contribution is 5.06. The molecule has 0 amide bonds. The quantitative estimate of drug-likeness (QED) is 0.644. The van der Waals surface area contributed by atoms with Crippen LogP contribution in [0.15, 0.2) is 0 Å². The zero-order valence-electron chi connectivity index (χ0n) is 7.78. The molecule has 2 N–H and O–H groups in total. The Kier molecular flexibility index (Phi) is 1.73. The predicted molar refractivity (Wildman–Crippen MR) is 47.6 cm³/mol. The van der Waals surface area contributed by atoms with E-state index in [0.29, 0.717) is 12.3 Å². The number of nitrogens with two attached hydrogens (primary N) is 1. The molecule has 0 aromatic heterocycles. The molecular formula is C10H18FN. The van der Waals surface area contributed by atoms with Gasteiger partial charge in [0.15, 0.2) is 0 Å². The Bertz CT molecular complexity index is 184. The third kappa shape index (κ3) is 1.49. The van der Waals surface area contributed by atoms with Crippen molar-refractivity contribution in [3.8, 4) is 0 Å². The van der Waals surface area contributed by atoms with Crippen molar-refractivity contribution >= 4 is 0 Å². The highest BCUT2D eigenvalue weighted by Crippen LogP contribution is 2.49. The van der Waals surface area contributed by atoms with Gasteiger partial charge in [-0.1, -0.05) is 0 Å². The van der Waals surface area contributed by atoms with Gasteiger partial charge in [0.25, 0.3) is 0 Å². The zero-order chi connectivity index (χ0) is 8.82. The Morgan fingerprint density at radius 3 is 2.50 bits per heavy atom. The van der Waals surface area contributed by atoms with Crippen LogP contribution in [-0.4, -0.2) is 11.2 Å². The minimum atomic E-state index is -0.933. The smallest absolute Gasteiger partial charge is 0.108 e. The van der Waals surface area contributed by atoms with Crippen LogP contribution in [-0.2, 0) is 0 Å². The summed E-state index contributed by atoms with van der Waals surface area (Å²) in [5.74, 6) is 0.459. The van der Waals surface area contributed by atoms with Gasteiger partial charge in [-0.15, -0.1) is 0 Å². The summed E-state index contributed by atoms with van der Waals surface area (Å²) in [6.45, 7) is 1.73. The van der Waals surface area contributed by atoms with E-state index in [9.17, 15) is 4.39 Å². The van der Waals surface area contributed by atoms with Crippen molar-refractivity contribution in [2.24, 2.45) is 11.7 Å². The van der Waals surface area contributed by atoms with Crippen molar-refractivity contribution < 1.29 is 4.39 Å². The molecule has 2 atom stereocenters. The molecule has 70 valence electrons. The molecule has 0 radical (unpaired) electrons. The summed E-state index contributed by atoms with van der Waals surface area (Å²) in [5.41, 5.74) is 5.18. The van der Waals surface area contributed by atoms with Crippen LogP contribution in [0.4, 0.5) is 4.39 Å². The molecule has 2 rings (SSSR count). The summed E-state index contributed by atoms with van der Waals surface area (Å²) in [5, 5.41) is 0. The molecule has 0 spiro atoms. The van der Waals surface area contributed by atoms with Crippen LogP contribution in [0.1, 0.15) is 45.4 Å². The van der Waals surface area contributed by atoms with Crippen molar-refractivity contribution in [1.82, 2.24) is 0 Å². The Morgan fingerprint density at radius 1 is 1.33 bits per heavy atom. The Labute approximate surface area is 73.5 Å². The lowest BCUT2D eigenvalue weighted by Gasteiger charge is -2.35. The Morgan fingerprint density at radius 2 is 2.00 bits per heavy atom. The second kappa shape index (κ2) is 2.44. The first kappa shape index (κ1) is 8.49. The van der Waals surface area contributed by atoms with Crippen LogP contribution in [0.25, 0.3) is 0 Å². The van der Waals surface area contributed by atoms with E-state index in [1.54, 1.807) is 6.92 Å². The van der Waals surface area contributed by atoms with Crippen LogP contribution >= 0.6 is 0 Å². The van der Waals surface area contributed by atoms with E-state index in [2.05, 4.69) is 0 Å². The maximum atomic E-state index is 13.6. The standard InChI is InChI=1S/C10H18FN/c1-9(11)4-2-3-8(7-9)10(12)5-6-10/h8H,2-7,12H2,1H3. The predicted octanol–water partition coefficient (Wildman–Crippen LogP) is 2.40. The fourth-order valence-electron chi connectivity index (χ4n) is 2.48. The first-order chi connectivity index (χ1) is 5.52. The van der Waals surface area contributed by atoms with Crippen molar-refractivity contribution in [3.05, 3.63) is 0 Å². The lowest BCUT2D eigenvalue weighted by molar-refractivity contribution is 0.0804. The molecular weight excluding hydrogens is 153 g/mol. The fraction of sp³-hybridized carbons (Fsp3) is 1.00. The number of halogens is 1. The van der Waals surface area contributed by atoms with Crippen LogP contribution in [0.3, 0.4) is 0 Å². The lowest BCUT2D eigenvalue weighted by Crippen LogP contribution is -2.40. The molecule has 0 aromatic carbocycles. The van der Waals surface area contributed by atoms with Gasteiger partial charge in [-0.2, -0.15) is 0 Å². The van der Waals surface area contributed by atoms with E-state index >= 15 is 0 Å². The fourth-order valence-corrected chi connectivity index (χ4v) is 2.48. The molecule has 2 heteroatoms. The lowest BCUT2D eigenvalue weighted by atomic mass is 9.76. The van der Waals surface area contributed by atoms with E-state index in [0.717, 1.165) is 32.1 Å². The molecule has 1 nitrogen and oxygen atoms in total. The molecule has 2 aliphatic rings. The number of alkyl halides is 1. The van der Waals surface area contributed by atoms with Crippen molar-refractivity contribution in [3.63, 3.8) is 0 Å². The molecule has 0 aliphatic heterocycles. The zero-order valence-corrected chi connectivity index (χ0v) is 7.78. The van der Waals surface area contributed by atoms with Gasteiger partial charge in [-0.3, -0.25) is 0 Å². The molecule has 12 heavy (non-hydrogen) atoms. The highest BCUT2D eigenvalue weighted by Gasteiger charge is 2.49. The highest BCUT2D eigenvalue weighted by atomic mass is 19.1. The molecule has 0 saturated heterocycles. The van der Waals surface area contributed by atoms with E-state index in [-0.39, 0.29) is 5.54 Å². The van der Waals surface area contributed by atoms with Crippen LogP contribution in [0, 0.1) is 5.92 Å². The van der Waals surface area contributed by atoms with Gasteiger partial charge in [0.1, 0.15) is 5.67 Å². The second-order valence-electron chi connectivity index (χ2n) is 4.94. The van der Waals surface area contributed by atoms with Gasteiger partial charge in [0.05, 0.1) is 0 Å². The second-order valence-corrected chi connectivity index (χ2v) is 4.94. The molecule has 2 unspecified atom stereocenters.